The van der Waals surface area contributed by atoms with Gasteiger partial charge in [0.05, 0.1) is 12.5 Å². The molecular weight excluding hydrogens is 444 g/mol. The number of ether oxygens (including phenoxy) is 3. The molecule has 0 aromatic carbocycles. The van der Waals surface area contributed by atoms with Crippen LogP contribution >= 0.6 is 0 Å². The molecule has 0 bridgehead atoms. The van der Waals surface area contributed by atoms with Gasteiger partial charge in [-0.2, -0.15) is 0 Å². The molecule has 9 atom stereocenters. The first-order valence-corrected chi connectivity index (χ1v) is 12.8. The highest BCUT2D eigenvalue weighted by atomic mass is 16.7. The second-order valence-corrected chi connectivity index (χ2v) is 12.7. The fraction of sp³-hybridized carbons (Fsp3) is 0.655. The average Bonchev–Trinajstić information content (AvgIpc) is 3.35. The van der Waals surface area contributed by atoms with E-state index < -0.39 is 16.4 Å². The van der Waals surface area contributed by atoms with Crippen molar-refractivity contribution in [1.82, 2.24) is 0 Å². The van der Waals surface area contributed by atoms with Gasteiger partial charge in [-0.25, -0.2) is 0 Å². The molecule has 2 aliphatic heterocycles. The van der Waals surface area contributed by atoms with Gasteiger partial charge in [-0.1, -0.05) is 47.3 Å². The number of rotatable bonds is 2. The minimum absolute atomic E-state index is 0.0561. The van der Waals surface area contributed by atoms with Crippen LogP contribution in [0.25, 0.3) is 0 Å². The van der Waals surface area contributed by atoms with Crippen LogP contribution < -0.4 is 0 Å². The van der Waals surface area contributed by atoms with E-state index in [4.69, 9.17) is 18.6 Å². The fourth-order valence-electron chi connectivity index (χ4n) is 9.31. The Balaban J connectivity index is 1.55. The van der Waals surface area contributed by atoms with Crippen molar-refractivity contribution in [1.29, 1.82) is 0 Å². The van der Waals surface area contributed by atoms with Crippen LogP contribution in [0.2, 0.25) is 0 Å². The quantitative estimate of drug-likeness (QED) is 0.408. The molecule has 4 fully saturated rings. The number of epoxide rings is 1. The third kappa shape index (κ3) is 2.49. The van der Waals surface area contributed by atoms with Crippen LogP contribution in [-0.2, 0) is 23.8 Å². The lowest BCUT2D eigenvalue weighted by Crippen LogP contribution is -2.72. The summed E-state index contributed by atoms with van der Waals surface area (Å²) in [5.74, 6) is 0.673. The van der Waals surface area contributed by atoms with Gasteiger partial charge in [-0.3, -0.25) is 9.59 Å². The lowest BCUT2D eigenvalue weighted by atomic mass is 9.35. The number of hydrogen-bond acceptors (Lipinski definition) is 6. The highest BCUT2D eigenvalue weighted by molar-refractivity contribution is 5.95. The lowest BCUT2D eigenvalue weighted by Gasteiger charge is -2.68. The molecule has 0 unspecified atom stereocenters. The van der Waals surface area contributed by atoms with Crippen molar-refractivity contribution in [2.24, 2.45) is 33.5 Å². The average molecular weight is 481 g/mol. The molecule has 0 amide bonds. The number of furan rings is 1. The number of ketones is 1. The number of hydrogen-bond donors (Lipinski definition) is 0. The summed E-state index contributed by atoms with van der Waals surface area (Å²) in [6, 6.07) is 1.95. The van der Waals surface area contributed by atoms with Gasteiger partial charge in [0.25, 0.3) is 0 Å². The fourth-order valence-corrected chi connectivity index (χ4v) is 9.31. The Morgan fingerprint density at radius 3 is 2.54 bits per heavy atom. The van der Waals surface area contributed by atoms with E-state index in [9.17, 15) is 9.59 Å². The van der Waals surface area contributed by atoms with Gasteiger partial charge in [0.15, 0.2) is 5.78 Å². The second kappa shape index (κ2) is 6.70. The normalized spacial score (nSPS) is 49.1. The van der Waals surface area contributed by atoms with E-state index >= 15 is 0 Å². The van der Waals surface area contributed by atoms with Crippen LogP contribution in [0.1, 0.15) is 72.5 Å². The van der Waals surface area contributed by atoms with Gasteiger partial charge in [-0.15, -0.1) is 0 Å². The highest BCUT2D eigenvalue weighted by Crippen LogP contribution is 2.80. The molecule has 1 aromatic rings. The zero-order valence-corrected chi connectivity index (χ0v) is 21.6. The number of carbonyl (C=O) groups is 2. The molecule has 6 heteroatoms. The number of esters is 1. The molecule has 2 saturated carbocycles. The van der Waals surface area contributed by atoms with Crippen molar-refractivity contribution >= 4 is 11.8 Å². The highest BCUT2D eigenvalue weighted by Gasteiger charge is 2.87. The summed E-state index contributed by atoms with van der Waals surface area (Å²) in [5.41, 5.74) is -1.29. The third-order valence-corrected chi connectivity index (χ3v) is 11.0. The zero-order valence-electron chi connectivity index (χ0n) is 21.6. The Bertz CT molecular complexity index is 1150. The van der Waals surface area contributed by atoms with E-state index in [1.807, 2.05) is 19.9 Å². The summed E-state index contributed by atoms with van der Waals surface area (Å²) in [6.45, 7) is 16.6. The summed E-state index contributed by atoms with van der Waals surface area (Å²) in [7, 11) is 0. The maximum atomic E-state index is 13.0. The molecule has 35 heavy (non-hydrogen) atoms. The topological polar surface area (TPSA) is 78.3 Å². The first-order chi connectivity index (χ1) is 16.3. The number of allylic oxidation sites excluding steroid dienone is 2. The SMILES string of the molecule is C=C1O[C@@H](c2ccoc2)[C@]2(C)CC[C@@H]3[C@@]4(C)C=CC(=O)C(C)(C)[C@@H]4C[C@@H](OC(C)=O)[C@@]3(C)[C@]23O[C@H]13. The molecule has 0 N–H and O–H groups in total. The minimum Gasteiger partial charge on any atom is -0.487 e. The van der Waals surface area contributed by atoms with Crippen molar-refractivity contribution in [3.63, 3.8) is 0 Å². The molecule has 6 nitrogen and oxygen atoms in total. The summed E-state index contributed by atoms with van der Waals surface area (Å²) in [6.07, 6.45) is 8.84. The molecule has 3 aliphatic carbocycles. The Kier molecular flexibility index (Phi) is 4.42. The smallest absolute Gasteiger partial charge is 0.302 e. The zero-order chi connectivity index (χ0) is 25.2. The molecule has 1 aromatic heterocycles. The molecule has 6 rings (SSSR count). The standard InChI is InChI=1S/C29H36O6/c1-16-23-29(35-23)27(6,24(33-16)18-10-13-32-15-18)12-8-19-26(5)11-9-21(31)25(3,4)20(26)14-22(28(19,29)7)34-17(2)30/h9-11,13,15,19-20,22-24H,1,8,12,14H2,2-7H3/t19-,20+,22-,23-,24+,26-,27+,28+,29-/m1/s1. The lowest BCUT2D eigenvalue weighted by molar-refractivity contribution is -0.249. The van der Waals surface area contributed by atoms with Gasteiger partial charge in [0, 0.05) is 28.7 Å². The van der Waals surface area contributed by atoms with Gasteiger partial charge >= 0.3 is 5.97 Å². The van der Waals surface area contributed by atoms with E-state index in [-0.39, 0.29) is 52.7 Å². The Morgan fingerprint density at radius 2 is 1.89 bits per heavy atom. The van der Waals surface area contributed by atoms with Crippen LogP contribution in [0.5, 0.6) is 0 Å². The van der Waals surface area contributed by atoms with E-state index in [1.54, 1.807) is 18.6 Å². The van der Waals surface area contributed by atoms with Crippen molar-refractivity contribution in [2.45, 2.75) is 84.7 Å². The van der Waals surface area contributed by atoms with Crippen LogP contribution in [0.3, 0.4) is 0 Å². The predicted octanol–water partition coefficient (Wildman–Crippen LogP) is 5.55. The van der Waals surface area contributed by atoms with E-state index in [0.29, 0.717) is 12.2 Å². The summed E-state index contributed by atoms with van der Waals surface area (Å²) >= 11 is 0. The molecule has 188 valence electrons. The Labute approximate surface area is 207 Å². The Hall–Kier alpha value is -2.34. The van der Waals surface area contributed by atoms with E-state index in [0.717, 1.165) is 18.4 Å². The first kappa shape index (κ1) is 23.1. The van der Waals surface area contributed by atoms with Gasteiger partial charge < -0.3 is 18.6 Å². The van der Waals surface area contributed by atoms with E-state index in [1.165, 1.54) is 6.92 Å². The van der Waals surface area contributed by atoms with Gasteiger partial charge in [-0.05, 0) is 48.7 Å². The van der Waals surface area contributed by atoms with Crippen molar-refractivity contribution < 1.29 is 28.2 Å². The Morgan fingerprint density at radius 1 is 1.14 bits per heavy atom. The molecule has 5 aliphatic rings. The molecule has 3 heterocycles. The molecule has 1 spiro atoms. The predicted molar refractivity (Wildman–Crippen MR) is 128 cm³/mol. The van der Waals surface area contributed by atoms with Gasteiger partial charge in [0.1, 0.15) is 29.7 Å². The molecule has 2 saturated heterocycles. The van der Waals surface area contributed by atoms with E-state index in [2.05, 4.69) is 33.4 Å². The molecular formula is C29H36O6. The third-order valence-electron chi connectivity index (χ3n) is 11.0. The summed E-state index contributed by atoms with van der Waals surface area (Å²) in [5, 5.41) is 0. The van der Waals surface area contributed by atoms with Crippen molar-refractivity contribution in [3.8, 4) is 0 Å². The maximum absolute atomic E-state index is 13.0. The van der Waals surface area contributed by atoms with Crippen LogP contribution in [-0.4, -0.2) is 29.6 Å². The van der Waals surface area contributed by atoms with Crippen molar-refractivity contribution in [2.75, 3.05) is 0 Å². The van der Waals surface area contributed by atoms with Crippen LogP contribution in [0, 0.1) is 33.5 Å². The number of fused-ring (bicyclic) bond motifs is 3. The van der Waals surface area contributed by atoms with Gasteiger partial charge in [0.2, 0.25) is 0 Å². The second-order valence-electron chi connectivity index (χ2n) is 12.7. The van der Waals surface area contributed by atoms with Crippen molar-refractivity contribution in [3.05, 3.63) is 48.6 Å². The number of carbonyl (C=O) groups excluding carboxylic acids is 2. The summed E-state index contributed by atoms with van der Waals surface area (Å²) in [4.78, 5) is 25.5. The largest absolute Gasteiger partial charge is 0.487 e. The minimum atomic E-state index is -0.603. The monoisotopic (exact) mass is 480 g/mol. The van der Waals surface area contributed by atoms with Crippen LogP contribution in [0.15, 0.2) is 47.5 Å². The summed E-state index contributed by atoms with van der Waals surface area (Å²) < 4.78 is 24.8. The molecule has 0 radical (unpaired) electrons. The van der Waals surface area contributed by atoms with Crippen LogP contribution in [0.4, 0.5) is 0 Å². The first-order valence-electron chi connectivity index (χ1n) is 12.8. The maximum Gasteiger partial charge on any atom is 0.302 e.